The van der Waals surface area contributed by atoms with E-state index in [0.717, 1.165) is 18.9 Å². The third-order valence-corrected chi connectivity index (χ3v) is 5.58. The van der Waals surface area contributed by atoms with Gasteiger partial charge in [-0.05, 0) is 44.4 Å². The average molecular weight is 250 g/mol. The molecule has 0 unspecified atom stereocenters. The Morgan fingerprint density at radius 3 is 2.61 bits per heavy atom. The fourth-order valence-corrected chi connectivity index (χ4v) is 4.12. The van der Waals surface area contributed by atoms with Crippen molar-refractivity contribution in [1.29, 1.82) is 0 Å². The molecule has 2 heterocycles. The minimum Gasteiger partial charge on any atom is -0.338 e. The van der Waals surface area contributed by atoms with Crippen molar-refractivity contribution >= 4 is 5.91 Å². The maximum Gasteiger partial charge on any atom is 0.239 e. The summed E-state index contributed by atoms with van der Waals surface area (Å²) in [6.45, 7) is 5.44. The van der Waals surface area contributed by atoms with Gasteiger partial charge in [0.1, 0.15) is 0 Å². The molecule has 3 rings (SSSR count). The third kappa shape index (κ3) is 2.07. The highest BCUT2D eigenvalue weighted by Gasteiger charge is 2.42. The summed E-state index contributed by atoms with van der Waals surface area (Å²) in [6.07, 6.45) is 7.56. The fraction of sp³-hybridized carbons (Fsp3) is 0.933. The number of fused-ring (bicyclic) bond motifs is 1. The lowest BCUT2D eigenvalue weighted by Gasteiger charge is -2.27. The maximum atomic E-state index is 12.6. The summed E-state index contributed by atoms with van der Waals surface area (Å²) in [4.78, 5) is 14.7. The highest BCUT2D eigenvalue weighted by Crippen LogP contribution is 2.34. The van der Waals surface area contributed by atoms with E-state index in [1.54, 1.807) is 0 Å². The summed E-state index contributed by atoms with van der Waals surface area (Å²) < 4.78 is 0. The van der Waals surface area contributed by atoms with Crippen molar-refractivity contribution in [3.05, 3.63) is 0 Å². The molecule has 18 heavy (non-hydrogen) atoms. The highest BCUT2D eigenvalue weighted by molar-refractivity contribution is 5.83. The standard InChI is InChI=1S/C15H26N2O/c1-10-7-8-17(11(10)2)15(18)14-9-12-5-3-4-6-13(12)16-14/h10-14,16H,3-9H2,1-2H3/t10-,11+,12+,13-,14+/m1/s1. The van der Waals surface area contributed by atoms with E-state index in [4.69, 9.17) is 0 Å². The van der Waals surface area contributed by atoms with Crippen molar-refractivity contribution in [2.45, 2.75) is 70.5 Å². The van der Waals surface area contributed by atoms with Crippen LogP contribution in [0, 0.1) is 11.8 Å². The highest BCUT2D eigenvalue weighted by atomic mass is 16.2. The molecule has 3 heteroatoms. The first kappa shape index (κ1) is 12.5. The van der Waals surface area contributed by atoms with Crippen LogP contribution in [0.4, 0.5) is 0 Å². The molecule has 0 aromatic heterocycles. The van der Waals surface area contributed by atoms with Crippen LogP contribution in [0.2, 0.25) is 0 Å². The molecule has 5 atom stereocenters. The Morgan fingerprint density at radius 2 is 1.94 bits per heavy atom. The minimum atomic E-state index is 0.117. The summed E-state index contributed by atoms with van der Waals surface area (Å²) in [5, 5.41) is 3.61. The molecule has 102 valence electrons. The molecule has 1 N–H and O–H groups in total. The van der Waals surface area contributed by atoms with Crippen LogP contribution in [-0.2, 0) is 4.79 Å². The second kappa shape index (κ2) is 4.84. The zero-order valence-corrected chi connectivity index (χ0v) is 11.7. The minimum absolute atomic E-state index is 0.117. The predicted octanol–water partition coefficient (Wildman–Crippen LogP) is 2.16. The van der Waals surface area contributed by atoms with Gasteiger partial charge >= 0.3 is 0 Å². The van der Waals surface area contributed by atoms with Crippen LogP contribution >= 0.6 is 0 Å². The van der Waals surface area contributed by atoms with Gasteiger partial charge in [-0.3, -0.25) is 4.79 Å². The number of nitrogens with one attached hydrogen (secondary N) is 1. The SMILES string of the molecule is C[C@@H]1CCN(C(=O)[C@@H]2C[C@@H]3CCCC[C@H]3N2)[C@H]1C. The first-order valence-electron chi connectivity index (χ1n) is 7.73. The topological polar surface area (TPSA) is 32.3 Å². The smallest absolute Gasteiger partial charge is 0.239 e. The largest absolute Gasteiger partial charge is 0.338 e. The predicted molar refractivity (Wildman–Crippen MR) is 72.2 cm³/mol. The molecule has 1 saturated carbocycles. The van der Waals surface area contributed by atoms with Crippen LogP contribution in [-0.4, -0.2) is 35.5 Å². The van der Waals surface area contributed by atoms with Crippen molar-refractivity contribution < 1.29 is 4.79 Å². The number of amides is 1. The number of rotatable bonds is 1. The molecule has 0 aromatic carbocycles. The van der Waals surface area contributed by atoms with Gasteiger partial charge in [0.2, 0.25) is 5.91 Å². The van der Waals surface area contributed by atoms with E-state index < -0.39 is 0 Å². The van der Waals surface area contributed by atoms with E-state index in [9.17, 15) is 4.79 Å². The number of nitrogens with zero attached hydrogens (tertiary/aromatic N) is 1. The van der Waals surface area contributed by atoms with Crippen LogP contribution in [0.1, 0.15) is 52.4 Å². The van der Waals surface area contributed by atoms with Crippen molar-refractivity contribution in [1.82, 2.24) is 10.2 Å². The van der Waals surface area contributed by atoms with E-state index in [1.165, 1.54) is 32.1 Å². The van der Waals surface area contributed by atoms with Crippen molar-refractivity contribution in [3.63, 3.8) is 0 Å². The zero-order chi connectivity index (χ0) is 12.7. The van der Waals surface area contributed by atoms with Gasteiger partial charge in [0.15, 0.2) is 0 Å². The molecular formula is C15H26N2O. The maximum absolute atomic E-state index is 12.6. The molecule has 0 bridgehead atoms. The number of likely N-dealkylation sites (tertiary alicyclic amines) is 1. The van der Waals surface area contributed by atoms with Crippen molar-refractivity contribution in [2.75, 3.05) is 6.54 Å². The number of hydrogen-bond acceptors (Lipinski definition) is 2. The van der Waals surface area contributed by atoms with Crippen molar-refractivity contribution in [2.24, 2.45) is 11.8 Å². The molecule has 0 aromatic rings. The molecule has 3 nitrogen and oxygen atoms in total. The van der Waals surface area contributed by atoms with Gasteiger partial charge in [0.05, 0.1) is 6.04 Å². The van der Waals surface area contributed by atoms with E-state index in [1.807, 2.05) is 0 Å². The second-order valence-electron chi connectivity index (χ2n) is 6.64. The van der Waals surface area contributed by atoms with Crippen LogP contribution in [0.15, 0.2) is 0 Å². The zero-order valence-electron chi connectivity index (χ0n) is 11.7. The molecule has 1 amide bonds. The molecule has 1 aliphatic carbocycles. The molecule has 2 saturated heterocycles. The van der Waals surface area contributed by atoms with Gasteiger partial charge in [0.25, 0.3) is 0 Å². The lowest BCUT2D eigenvalue weighted by Crippen LogP contribution is -2.47. The Hall–Kier alpha value is -0.570. The van der Waals surface area contributed by atoms with Crippen LogP contribution in [0.3, 0.4) is 0 Å². The summed E-state index contributed by atoms with van der Waals surface area (Å²) in [5.74, 6) is 1.81. The summed E-state index contributed by atoms with van der Waals surface area (Å²) in [5.41, 5.74) is 0. The normalized spacial score (nSPS) is 44.1. The molecule has 3 fully saturated rings. The van der Waals surface area contributed by atoms with Crippen LogP contribution in [0.25, 0.3) is 0 Å². The van der Waals surface area contributed by atoms with Gasteiger partial charge in [-0.1, -0.05) is 19.8 Å². The first-order valence-corrected chi connectivity index (χ1v) is 7.73. The van der Waals surface area contributed by atoms with E-state index in [0.29, 0.717) is 23.9 Å². The Labute approximate surface area is 110 Å². The molecule has 0 spiro atoms. The van der Waals surface area contributed by atoms with Gasteiger partial charge in [-0.2, -0.15) is 0 Å². The van der Waals surface area contributed by atoms with Gasteiger partial charge in [-0.15, -0.1) is 0 Å². The first-order chi connectivity index (χ1) is 8.66. The van der Waals surface area contributed by atoms with Gasteiger partial charge < -0.3 is 10.2 Å². The molecular weight excluding hydrogens is 224 g/mol. The Kier molecular flexibility index (Phi) is 3.35. The summed E-state index contributed by atoms with van der Waals surface area (Å²) in [7, 11) is 0. The Bertz CT molecular complexity index is 316. The fourth-order valence-electron chi connectivity index (χ4n) is 4.12. The van der Waals surface area contributed by atoms with Crippen LogP contribution in [0.5, 0.6) is 0 Å². The third-order valence-electron chi connectivity index (χ3n) is 5.58. The van der Waals surface area contributed by atoms with Gasteiger partial charge in [0, 0.05) is 18.6 Å². The lowest BCUT2D eigenvalue weighted by atomic mass is 9.85. The quantitative estimate of drug-likeness (QED) is 0.773. The van der Waals surface area contributed by atoms with E-state index in [-0.39, 0.29) is 6.04 Å². The second-order valence-corrected chi connectivity index (χ2v) is 6.64. The van der Waals surface area contributed by atoms with E-state index >= 15 is 0 Å². The number of hydrogen-bond donors (Lipinski definition) is 1. The van der Waals surface area contributed by atoms with E-state index in [2.05, 4.69) is 24.1 Å². The summed E-state index contributed by atoms with van der Waals surface area (Å²) in [6, 6.07) is 1.18. The monoisotopic (exact) mass is 250 g/mol. The molecule has 2 aliphatic heterocycles. The molecule has 3 aliphatic rings. The van der Waals surface area contributed by atoms with Gasteiger partial charge in [-0.25, -0.2) is 0 Å². The average Bonchev–Trinajstić information content (AvgIpc) is 2.94. The van der Waals surface area contributed by atoms with Crippen LogP contribution < -0.4 is 5.32 Å². The Balaban J connectivity index is 1.63. The number of carbonyl (C=O) groups excluding carboxylic acids is 1. The van der Waals surface area contributed by atoms with Crippen molar-refractivity contribution in [3.8, 4) is 0 Å². The Morgan fingerprint density at radius 1 is 1.17 bits per heavy atom. The number of carbonyl (C=O) groups is 1. The molecule has 0 radical (unpaired) electrons. The summed E-state index contributed by atoms with van der Waals surface area (Å²) >= 11 is 0. The lowest BCUT2D eigenvalue weighted by molar-refractivity contribution is -0.134.